The number of rotatable bonds is 5. The molecule has 1 fully saturated rings. The summed E-state index contributed by atoms with van der Waals surface area (Å²) in [5.74, 6) is 4.21. The lowest BCUT2D eigenvalue weighted by atomic mass is 10.3. The zero-order chi connectivity index (χ0) is 14.9. The zero-order valence-corrected chi connectivity index (χ0v) is 12.5. The molecule has 21 heavy (non-hydrogen) atoms. The Labute approximate surface area is 126 Å². The molecule has 2 heterocycles. The van der Waals surface area contributed by atoms with Gasteiger partial charge >= 0.3 is 0 Å². The number of ether oxygens (including phenoxy) is 1. The molecule has 0 bridgehead atoms. The van der Waals surface area contributed by atoms with Crippen molar-refractivity contribution in [2.75, 3.05) is 26.2 Å². The molecular weight excluding hydrogens is 264 g/mol. The van der Waals surface area contributed by atoms with Gasteiger partial charge in [0.05, 0.1) is 13.1 Å². The van der Waals surface area contributed by atoms with Crippen LogP contribution in [0.4, 0.5) is 0 Å². The summed E-state index contributed by atoms with van der Waals surface area (Å²) in [7, 11) is 0. The van der Waals surface area contributed by atoms with E-state index in [2.05, 4.69) is 33.0 Å². The van der Waals surface area contributed by atoms with Gasteiger partial charge in [-0.25, -0.2) is 4.98 Å². The van der Waals surface area contributed by atoms with Crippen molar-refractivity contribution in [1.29, 1.82) is 0 Å². The van der Waals surface area contributed by atoms with E-state index in [4.69, 9.17) is 11.2 Å². The fourth-order valence-corrected chi connectivity index (χ4v) is 2.26. The SMILES string of the molecule is C#CCCN=C(NCC)N1CCC(Oc2ccccn2)C1. The molecule has 1 aromatic rings. The fraction of sp³-hybridized carbons (Fsp3) is 0.500. The van der Waals surface area contributed by atoms with Gasteiger partial charge in [0.2, 0.25) is 5.88 Å². The first kappa shape index (κ1) is 15.2. The van der Waals surface area contributed by atoms with Crippen molar-refractivity contribution in [3.05, 3.63) is 24.4 Å². The number of terminal acetylenes is 1. The van der Waals surface area contributed by atoms with E-state index in [0.717, 1.165) is 32.0 Å². The molecule has 1 aromatic heterocycles. The standard InChI is InChI=1S/C16H22N4O/c1-3-5-10-19-16(17-4-2)20-12-9-14(13-20)21-15-8-6-7-11-18-15/h1,6-8,11,14H,4-5,9-10,12-13H2,2H3,(H,17,19). The average Bonchev–Trinajstić information content (AvgIpc) is 2.96. The monoisotopic (exact) mass is 286 g/mol. The summed E-state index contributed by atoms with van der Waals surface area (Å²) in [6.45, 7) is 5.31. The van der Waals surface area contributed by atoms with Crippen molar-refractivity contribution in [3.8, 4) is 18.2 Å². The molecule has 2 rings (SSSR count). The molecule has 1 N–H and O–H groups in total. The highest BCUT2D eigenvalue weighted by Gasteiger charge is 2.26. The summed E-state index contributed by atoms with van der Waals surface area (Å²) in [4.78, 5) is 11.0. The molecule has 1 unspecified atom stereocenters. The van der Waals surface area contributed by atoms with Gasteiger partial charge in [0.1, 0.15) is 6.10 Å². The van der Waals surface area contributed by atoms with Gasteiger partial charge in [-0.1, -0.05) is 6.07 Å². The van der Waals surface area contributed by atoms with E-state index in [9.17, 15) is 0 Å². The number of nitrogens with zero attached hydrogens (tertiary/aromatic N) is 3. The molecule has 0 amide bonds. The minimum Gasteiger partial charge on any atom is -0.472 e. The Bertz CT molecular complexity index is 495. The summed E-state index contributed by atoms with van der Waals surface area (Å²) < 4.78 is 5.89. The van der Waals surface area contributed by atoms with Gasteiger partial charge in [-0.05, 0) is 13.0 Å². The van der Waals surface area contributed by atoms with Crippen LogP contribution in [0.1, 0.15) is 19.8 Å². The Hall–Kier alpha value is -2.22. The van der Waals surface area contributed by atoms with Crippen molar-refractivity contribution >= 4 is 5.96 Å². The third-order valence-corrected chi connectivity index (χ3v) is 3.22. The van der Waals surface area contributed by atoms with Gasteiger partial charge in [0.25, 0.3) is 0 Å². The number of aliphatic imine (C=N–C) groups is 1. The van der Waals surface area contributed by atoms with E-state index in [1.165, 1.54) is 0 Å². The highest BCUT2D eigenvalue weighted by molar-refractivity contribution is 5.80. The van der Waals surface area contributed by atoms with Crippen molar-refractivity contribution < 1.29 is 4.74 Å². The lowest BCUT2D eigenvalue weighted by molar-refractivity contribution is 0.205. The molecule has 0 spiro atoms. The highest BCUT2D eigenvalue weighted by atomic mass is 16.5. The number of aromatic nitrogens is 1. The van der Waals surface area contributed by atoms with E-state index in [1.807, 2.05) is 18.2 Å². The summed E-state index contributed by atoms with van der Waals surface area (Å²) in [6.07, 6.45) is 8.79. The Balaban J connectivity index is 1.90. The number of hydrogen-bond donors (Lipinski definition) is 1. The molecule has 0 aromatic carbocycles. The largest absolute Gasteiger partial charge is 0.472 e. The lowest BCUT2D eigenvalue weighted by Gasteiger charge is -2.21. The van der Waals surface area contributed by atoms with Crippen molar-refractivity contribution in [2.24, 2.45) is 4.99 Å². The fourth-order valence-electron chi connectivity index (χ4n) is 2.26. The first-order valence-corrected chi connectivity index (χ1v) is 7.38. The van der Waals surface area contributed by atoms with Crippen molar-refractivity contribution in [1.82, 2.24) is 15.2 Å². The summed E-state index contributed by atoms with van der Waals surface area (Å²) in [5.41, 5.74) is 0. The molecule has 0 aliphatic carbocycles. The number of pyridine rings is 1. The predicted octanol–water partition coefficient (Wildman–Crippen LogP) is 1.52. The topological polar surface area (TPSA) is 49.8 Å². The number of nitrogens with one attached hydrogen (secondary N) is 1. The van der Waals surface area contributed by atoms with Crippen LogP contribution in [0.5, 0.6) is 5.88 Å². The van der Waals surface area contributed by atoms with E-state index in [1.54, 1.807) is 6.20 Å². The van der Waals surface area contributed by atoms with E-state index < -0.39 is 0 Å². The Morgan fingerprint density at radius 1 is 1.62 bits per heavy atom. The minimum atomic E-state index is 0.149. The predicted molar refractivity (Wildman–Crippen MR) is 84.3 cm³/mol. The van der Waals surface area contributed by atoms with Gasteiger partial charge in [0.15, 0.2) is 5.96 Å². The number of guanidine groups is 1. The van der Waals surface area contributed by atoms with Crippen LogP contribution in [0.15, 0.2) is 29.4 Å². The molecule has 1 atom stereocenters. The molecule has 0 saturated carbocycles. The van der Waals surface area contributed by atoms with Crippen LogP contribution >= 0.6 is 0 Å². The van der Waals surface area contributed by atoms with Gasteiger partial charge in [-0.3, -0.25) is 4.99 Å². The highest BCUT2D eigenvalue weighted by Crippen LogP contribution is 2.16. The molecule has 112 valence electrons. The maximum atomic E-state index is 5.89. The summed E-state index contributed by atoms with van der Waals surface area (Å²) in [6, 6.07) is 5.70. The lowest BCUT2D eigenvalue weighted by Crippen LogP contribution is -2.41. The van der Waals surface area contributed by atoms with Gasteiger partial charge < -0.3 is 15.0 Å². The smallest absolute Gasteiger partial charge is 0.213 e. The number of hydrogen-bond acceptors (Lipinski definition) is 3. The van der Waals surface area contributed by atoms with Gasteiger partial charge in [0, 0.05) is 38.2 Å². The summed E-state index contributed by atoms with van der Waals surface area (Å²) in [5, 5.41) is 3.30. The van der Waals surface area contributed by atoms with Crippen molar-refractivity contribution in [3.63, 3.8) is 0 Å². The van der Waals surface area contributed by atoms with Crippen LogP contribution in [-0.2, 0) is 0 Å². The van der Waals surface area contributed by atoms with Crippen LogP contribution in [0, 0.1) is 12.3 Å². The molecule has 1 saturated heterocycles. The van der Waals surface area contributed by atoms with E-state index >= 15 is 0 Å². The van der Waals surface area contributed by atoms with Gasteiger partial charge in [-0.2, -0.15) is 0 Å². The average molecular weight is 286 g/mol. The molecule has 0 radical (unpaired) electrons. The molecule has 5 heteroatoms. The molecule has 1 aliphatic heterocycles. The van der Waals surface area contributed by atoms with Crippen LogP contribution in [0.25, 0.3) is 0 Å². The zero-order valence-electron chi connectivity index (χ0n) is 12.5. The van der Waals surface area contributed by atoms with Crippen LogP contribution in [-0.4, -0.2) is 48.1 Å². The van der Waals surface area contributed by atoms with Crippen molar-refractivity contribution in [2.45, 2.75) is 25.9 Å². The maximum absolute atomic E-state index is 5.89. The second-order valence-electron chi connectivity index (χ2n) is 4.83. The normalized spacial score (nSPS) is 18.4. The second-order valence-corrected chi connectivity index (χ2v) is 4.83. The van der Waals surface area contributed by atoms with E-state index in [0.29, 0.717) is 18.8 Å². The first-order valence-electron chi connectivity index (χ1n) is 7.38. The second kappa shape index (κ2) is 8.15. The Kier molecular flexibility index (Phi) is 5.89. The quantitative estimate of drug-likeness (QED) is 0.386. The van der Waals surface area contributed by atoms with Crippen LogP contribution in [0.3, 0.4) is 0 Å². The minimum absolute atomic E-state index is 0.149. The van der Waals surface area contributed by atoms with E-state index in [-0.39, 0.29) is 6.10 Å². The molecule has 5 nitrogen and oxygen atoms in total. The maximum Gasteiger partial charge on any atom is 0.213 e. The third kappa shape index (κ3) is 4.67. The Morgan fingerprint density at radius 3 is 3.24 bits per heavy atom. The van der Waals surface area contributed by atoms with Crippen LogP contribution in [0.2, 0.25) is 0 Å². The molecular formula is C16H22N4O. The third-order valence-electron chi connectivity index (χ3n) is 3.22. The Morgan fingerprint density at radius 2 is 2.52 bits per heavy atom. The molecule has 1 aliphatic rings. The van der Waals surface area contributed by atoms with Gasteiger partial charge in [-0.15, -0.1) is 12.3 Å². The number of likely N-dealkylation sites (tertiary alicyclic amines) is 1. The first-order chi connectivity index (χ1) is 10.3. The van der Waals surface area contributed by atoms with Crippen LogP contribution < -0.4 is 10.1 Å². The summed E-state index contributed by atoms with van der Waals surface area (Å²) >= 11 is 0.